The summed E-state index contributed by atoms with van der Waals surface area (Å²) in [7, 11) is -2.05. The maximum absolute atomic E-state index is 11.4. The van der Waals surface area contributed by atoms with Crippen LogP contribution in [-0.2, 0) is 19.6 Å². The van der Waals surface area contributed by atoms with Crippen LogP contribution in [0.5, 0.6) is 0 Å². The van der Waals surface area contributed by atoms with Crippen molar-refractivity contribution in [1.82, 2.24) is 4.31 Å². The predicted octanol–water partition coefficient (Wildman–Crippen LogP) is -0.241. The first-order valence-electron chi connectivity index (χ1n) is 4.63. The summed E-state index contributed by atoms with van der Waals surface area (Å²) in [5, 5.41) is 8.37. The Morgan fingerprint density at radius 1 is 1.47 bits per heavy atom. The number of carbonyl (C=O) groups is 1. The maximum Gasteiger partial charge on any atom is 0.304 e. The van der Waals surface area contributed by atoms with E-state index in [-0.39, 0.29) is 18.7 Å². The van der Waals surface area contributed by atoms with Crippen LogP contribution in [0.1, 0.15) is 13.3 Å². The van der Waals surface area contributed by atoms with Crippen LogP contribution >= 0.6 is 0 Å². The summed E-state index contributed by atoms with van der Waals surface area (Å²) in [5.41, 5.74) is 0. The van der Waals surface area contributed by atoms with Gasteiger partial charge in [0.25, 0.3) is 0 Å². The number of hydrogen-bond acceptors (Lipinski definition) is 4. The highest BCUT2D eigenvalue weighted by molar-refractivity contribution is 7.89. The summed E-state index contributed by atoms with van der Waals surface area (Å²) in [4.78, 5) is 10.2. The third kappa shape index (κ3) is 6.43. The number of carboxylic acids is 1. The Kier molecular flexibility index (Phi) is 6.46. The molecule has 0 aromatic rings. The smallest absolute Gasteiger partial charge is 0.304 e. The van der Waals surface area contributed by atoms with Gasteiger partial charge >= 0.3 is 5.97 Å². The average molecular weight is 239 g/mol. The largest absolute Gasteiger partial charge is 0.481 e. The van der Waals surface area contributed by atoms with Gasteiger partial charge in [-0.05, 0) is 6.92 Å². The molecule has 0 aliphatic heterocycles. The molecule has 0 heterocycles. The molecular weight excluding hydrogens is 222 g/mol. The molecule has 0 radical (unpaired) electrons. The molecule has 90 valence electrons. The standard InChI is InChI=1S/C8H17NO5S/c1-3-14-6-5-9(2)15(12,13)7-4-8(10)11/h3-7H2,1-2H3,(H,10,11). The first-order chi connectivity index (χ1) is 6.90. The highest BCUT2D eigenvalue weighted by atomic mass is 32.2. The summed E-state index contributed by atoms with van der Waals surface area (Å²) in [5.74, 6) is -1.48. The second-order valence-electron chi connectivity index (χ2n) is 2.98. The fraction of sp³-hybridized carbons (Fsp3) is 0.875. The van der Waals surface area contributed by atoms with Crippen LogP contribution in [0.15, 0.2) is 0 Å². The van der Waals surface area contributed by atoms with Crippen molar-refractivity contribution < 1.29 is 23.1 Å². The number of rotatable bonds is 8. The highest BCUT2D eigenvalue weighted by Crippen LogP contribution is 2.00. The lowest BCUT2D eigenvalue weighted by Gasteiger charge is -2.16. The minimum Gasteiger partial charge on any atom is -0.481 e. The molecule has 0 atom stereocenters. The van der Waals surface area contributed by atoms with E-state index in [0.717, 1.165) is 4.31 Å². The molecule has 0 aromatic carbocycles. The Morgan fingerprint density at radius 3 is 2.53 bits per heavy atom. The molecule has 0 aliphatic carbocycles. The summed E-state index contributed by atoms with van der Waals surface area (Å²) in [6.07, 6.45) is -0.374. The van der Waals surface area contributed by atoms with Gasteiger partial charge in [-0.2, -0.15) is 0 Å². The van der Waals surface area contributed by atoms with E-state index in [1.165, 1.54) is 7.05 Å². The number of carboxylic acid groups (broad SMARTS) is 1. The molecular formula is C8H17NO5S. The number of sulfonamides is 1. The summed E-state index contributed by atoms with van der Waals surface area (Å²) in [6.45, 7) is 2.91. The van der Waals surface area contributed by atoms with Gasteiger partial charge in [-0.3, -0.25) is 4.79 Å². The Balaban J connectivity index is 4.03. The van der Waals surface area contributed by atoms with Gasteiger partial charge in [0, 0.05) is 20.2 Å². The lowest BCUT2D eigenvalue weighted by Crippen LogP contribution is -2.32. The fourth-order valence-electron chi connectivity index (χ4n) is 0.849. The molecule has 15 heavy (non-hydrogen) atoms. The molecule has 0 aliphatic rings. The summed E-state index contributed by atoms with van der Waals surface area (Å²) < 4.78 is 29.0. The van der Waals surface area contributed by atoms with Gasteiger partial charge in [0.1, 0.15) is 0 Å². The number of aliphatic carboxylic acids is 1. The Hall–Kier alpha value is -0.660. The lowest BCUT2D eigenvalue weighted by molar-refractivity contribution is -0.136. The van der Waals surface area contributed by atoms with Crippen LogP contribution < -0.4 is 0 Å². The molecule has 6 nitrogen and oxygen atoms in total. The minimum atomic E-state index is -3.46. The van der Waals surface area contributed by atoms with Gasteiger partial charge in [-0.1, -0.05) is 0 Å². The molecule has 0 amide bonds. The van der Waals surface area contributed by atoms with Crippen molar-refractivity contribution in [1.29, 1.82) is 0 Å². The lowest BCUT2D eigenvalue weighted by atomic mass is 10.5. The molecule has 0 rings (SSSR count). The van der Waals surface area contributed by atoms with Crippen molar-refractivity contribution in [2.24, 2.45) is 0 Å². The van der Waals surface area contributed by atoms with Crippen molar-refractivity contribution >= 4 is 16.0 Å². The van der Waals surface area contributed by atoms with E-state index in [1.807, 2.05) is 6.92 Å². The Morgan fingerprint density at radius 2 is 2.07 bits per heavy atom. The normalized spacial score (nSPS) is 11.9. The molecule has 0 aromatic heterocycles. The topological polar surface area (TPSA) is 83.9 Å². The summed E-state index contributed by atoms with van der Waals surface area (Å²) >= 11 is 0. The van der Waals surface area contributed by atoms with Gasteiger partial charge in [-0.25, -0.2) is 12.7 Å². The van der Waals surface area contributed by atoms with E-state index in [0.29, 0.717) is 13.2 Å². The molecule has 0 bridgehead atoms. The molecule has 0 saturated heterocycles. The van der Waals surface area contributed by atoms with E-state index in [2.05, 4.69) is 0 Å². The fourth-order valence-corrected chi connectivity index (χ4v) is 1.95. The maximum atomic E-state index is 11.4. The van der Waals surface area contributed by atoms with Crippen molar-refractivity contribution in [3.05, 3.63) is 0 Å². The van der Waals surface area contributed by atoms with E-state index < -0.39 is 16.0 Å². The average Bonchev–Trinajstić information content (AvgIpc) is 2.15. The molecule has 7 heteroatoms. The van der Waals surface area contributed by atoms with Gasteiger partial charge in [-0.15, -0.1) is 0 Å². The number of hydrogen-bond donors (Lipinski definition) is 1. The number of nitrogens with zero attached hydrogens (tertiary/aromatic N) is 1. The predicted molar refractivity (Wildman–Crippen MR) is 55.2 cm³/mol. The van der Waals surface area contributed by atoms with Crippen molar-refractivity contribution in [3.8, 4) is 0 Å². The van der Waals surface area contributed by atoms with Crippen molar-refractivity contribution in [2.45, 2.75) is 13.3 Å². The summed E-state index contributed by atoms with van der Waals surface area (Å²) in [6, 6.07) is 0. The van der Waals surface area contributed by atoms with Crippen LogP contribution in [-0.4, -0.2) is 56.4 Å². The van der Waals surface area contributed by atoms with Crippen LogP contribution in [0.4, 0.5) is 0 Å². The molecule has 0 saturated carbocycles. The zero-order valence-electron chi connectivity index (χ0n) is 8.97. The van der Waals surface area contributed by atoms with Gasteiger partial charge in [0.05, 0.1) is 18.8 Å². The van der Waals surface area contributed by atoms with Gasteiger partial charge < -0.3 is 9.84 Å². The molecule has 1 N–H and O–H groups in total. The molecule has 0 spiro atoms. The van der Waals surface area contributed by atoms with Crippen LogP contribution in [0.3, 0.4) is 0 Å². The Labute approximate surface area is 89.9 Å². The SMILES string of the molecule is CCOCCN(C)S(=O)(=O)CCC(=O)O. The monoisotopic (exact) mass is 239 g/mol. The molecule has 0 unspecified atom stereocenters. The second-order valence-corrected chi connectivity index (χ2v) is 5.17. The highest BCUT2D eigenvalue weighted by Gasteiger charge is 2.18. The van der Waals surface area contributed by atoms with Crippen molar-refractivity contribution in [3.63, 3.8) is 0 Å². The van der Waals surface area contributed by atoms with Gasteiger partial charge in [0.2, 0.25) is 10.0 Å². The third-order valence-corrected chi connectivity index (χ3v) is 3.66. The van der Waals surface area contributed by atoms with E-state index in [9.17, 15) is 13.2 Å². The number of likely N-dealkylation sites (N-methyl/N-ethyl adjacent to an activating group) is 1. The van der Waals surface area contributed by atoms with E-state index >= 15 is 0 Å². The quantitative estimate of drug-likeness (QED) is 0.591. The van der Waals surface area contributed by atoms with Crippen LogP contribution in [0, 0.1) is 0 Å². The molecule has 0 fully saturated rings. The zero-order chi connectivity index (χ0) is 11.9. The van der Waals surface area contributed by atoms with E-state index in [4.69, 9.17) is 9.84 Å². The first kappa shape index (κ1) is 14.3. The second kappa shape index (κ2) is 6.76. The first-order valence-corrected chi connectivity index (χ1v) is 6.24. The van der Waals surface area contributed by atoms with E-state index in [1.54, 1.807) is 0 Å². The van der Waals surface area contributed by atoms with Gasteiger partial charge in [0.15, 0.2) is 0 Å². The third-order valence-electron chi connectivity index (χ3n) is 1.80. The van der Waals surface area contributed by atoms with Crippen molar-refractivity contribution in [2.75, 3.05) is 32.6 Å². The minimum absolute atomic E-state index is 0.246. The van der Waals surface area contributed by atoms with Crippen LogP contribution in [0.25, 0.3) is 0 Å². The van der Waals surface area contributed by atoms with Crippen LogP contribution in [0.2, 0.25) is 0 Å². The zero-order valence-corrected chi connectivity index (χ0v) is 9.79. The number of ether oxygens (including phenoxy) is 1. The Bertz CT molecular complexity index is 287.